The second-order valence-corrected chi connectivity index (χ2v) is 2.18. The van der Waals surface area contributed by atoms with Gasteiger partial charge in [0.05, 0.1) is 12.5 Å². The molecule has 0 saturated carbocycles. The number of hydrogen-bond donors (Lipinski definition) is 0. The fraction of sp³-hybridized carbons (Fsp3) is 0.625. The first-order chi connectivity index (χ1) is 4.72. The molecule has 0 rings (SSSR count). The van der Waals surface area contributed by atoms with Gasteiger partial charge in [-0.1, -0.05) is 13.0 Å². The van der Waals surface area contributed by atoms with Crippen molar-refractivity contribution in [1.82, 2.24) is 0 Å². The highest BCUT2D eigenvalue weighted by Crippen LogP contribution is 2.03. The molecule has 2 nitrogen and oxygen atoms in total. The summed E-state index contributed by atoms with van der Waals surface area (Å²) in [7, 11) is 0. The summed E-state index contributed by atoms with van der Waals surface area (Å²) in [5.74, 6) is -0.181. The third-order valence-corrected chi connectivity index (χ3v) is 1.21. The highest BCUT2D eigenvalue weighted by atomic mass is 35.5. The van der Waals surface area contributed by atoms with Gasteiger partial charge in [0.1, 0.15) is 0 Å². The zero-order valence-electron chi connectivity index (χ0n) is 7.41. The number of halogens is 2. The lowest BCUT2D eigenvalue weighted by Gasteiger charge is -2.06. The lowest BCUT2D eigenvalue weighted by molar-refractivity contribution is -0.147. The summed E-state index contributed by atoms with van der Waals surface area (Å²) in [6, 6.07) is 0. The average Bonchev–Trinajstić information content (AvgIpc) is 1.89. The van der Waals surface area contributed by atoms with Gasteiger partial charge in [0.2, 0.25) is 0 Å². The minimum atomic E-state index is -0.137. The number of rotatable bonds is 4. The van der Waals surface area contributed by atoms with Crippen LogP contribution in [0.2, 0.25) is 0 Å². The van der Waals surface area contributed by atoms with Crippen LogP contribution in [0.4, 0.5) is 0 Å². The molecule has 0 saturated heterocycles. The molecule has 0 aromatic rings. The van der Waals surface area contributed by atoms with Crippen LogP contribution in [0.15, 0.2) is 12.7 Å². The standard InChI is InChI=1S/C8H14O2.2ClH/c1-4-6-7(3)8(9)10-5-2;;/h4,7H,1,5-6H2,2-3H3;2*1H. The van der Waals surface area contributed by atoms with E-state index in [0.717, 1.165) is 0 Å². The molecule has 0 spiro atoms. The fourth-order valence-corrected chi connectivity index (χ4v) is 0.631. The molecule has 0 radical (unpaired) electrons. The van der Waals surface area contributed by atoms with E-state index in [9.17, 15) is 4.79 Å². The van der Waals surface area contributed by atoms with Gasteiger partial charge in [-0.05, 0) is 13.3 Å². The first kappa shape index (κ1) is 17.8. The summed E-state index contributed by atoms with van der Waals surface area (Å²) in [6.07, 6.45) is 2.42. The molecule has 0 heterocycles. The van der Waals surface area contributed by atoms with Crippen molar-refractivity contribution >= 4 is 30.8 Å². The van der Waals surface area contributed by atoms with Crippen molar-refractivity contribution in [3.8, 4) is 0 Å². The van der Waals surface area contributed by atoms with E-state index in [1.54, 1.807) is 13.0 Å². The third kappa shape index (κ3) is 7.89. The van der Waals surface area contributed by atoms with E-state index in [1.807, 2.05) is 6.92 Å². The molecule has 0 N–H and O–H groups in total. The van der Waals surface area contributed by atoms with E-state index in [2.05, 4.69) is 6.58 Å². The Morgan fingerprint density at radius 2 is 2.08 bits per heavy atom. The maximum absolute atomic E-state index is 10.9. The summed E-state index contributed by atoms with van der Waals surface area (Å²) in [4.78, 5) is 10.9. The third-order valence-electron chi connectivity index (χ3n) is 1.21. The summed E-state index contributed by atoms with van der Waals surface area (Å²) >= 11 is 0. The highest BCUT2D eigenvalue weighted by molar-refractivity contribution is 5.85. The van der Waals surface area contributed by atoms with Gasteiger partial charge in [0.15, 0.2) is 0 Å². The Morgan fingerprint density at radius 1 is 1.58 bits per heavy atom. The predicted octanol–water partition coefficient (Wildman–Crippen LogP) is 2.61. The van der Waals surface area contributed by atoms with Crippen molar-refractivity contribution in [2.75, 3.05) is 6.61 Å². The predicted molar refractivity (Wildman–Crippen MR) is 55.1 cm³/mol. The van der Waals surface area contributed by atoms with Crippen LogP contribution < -0.4 is 0 Å². The van der Waals surface area contributed by atoms with Gasteiger partial charge < -0.3 is 4.74 Å². The van der Waals surface area contributed by atoms with E-state index in [1.165, 1.54) is 0 Å². The molecule has 74 valence electrons. The van der Waals surface area contributed by atoms with Gasteiger partial charge in [-0.2, -0.15) is 0 Å². The van der Waals surface area contributed by atoms with Crippen molar-refractivity contribution in [2.45, 2.75) is 20.3 Å². The smallest absolute Gasteiger partial charge is 0.308 e. The molecular weight excluding hydrogens is 199 g/mol. The van der Waals surface area contributed by atoms with E-state index in [4.69, 9.17) is 4.74 Å². The largest absolute Gasteiger partial charge is 0.466 e. The van der Waals surface area contributed by atoms with E-state index in [-0.39, 0.29) is 36.7 Å². The van der Waals surface area contributed by atoms with E-state index in [0.29, 0.717) is 13.0 Å². The molecule has 1 unspecified atom stereocenters. The molecule has 0 fully saturated rings. The molecule has 0 aliphatic carbocycles. The Labute approximate surface area is 86.2 Å². The van der Waals surface area contributed by atoms with Crippen LogP contribution in [-0.2, 0) is 9.53 Å². The number of ether oxygens (including phenoxy) is 1. The molecule has 4 heteroatoms. The quantitative estimate of drug-likeness (QED) is 0.532. The van der Waals surface area contributed by atoms with Crippen LogP contribution in [0.3, 0.4) is 0 Å². The van der Waals surface area contributed by atoms with Gasteiger partial charge in [0, 0.05) is 0 Å². The molecule has 0 aliphatic heterocycles. The lowest BCUT2D eigenvalue weighted by Crippen LogP contribution is -2.13. The first-order valence-corrected chi connectivity index (χ1v) is 3.49. The SMILES string of the molecule is C=CCC(C)C(=O)OCC.Cl.Cl. The van der Waals surface area contributed by atoms with Gasteiger partial charge in [-0.3, -0.25) is 4.79 Å². The van der Waals surface area contributed by atoms with Crippen LogP contribution in [0.1, 0.15) is 20.3 Å². The Kier molecular flexibility index (Phi) is 16.0. The number of esters is 1. The van der Waals surface area contributed by atoms with Gasteiger partial charge >= 0.3 is 5.97 Å². The topological polar surface area (TPSA) is 26.3 Å². The molecule has 0 aromatic carbocycles. The van der Waals surface area contributed by atoms with Crippen molar-refractivity contribution in [3.63, 3.8) is 0 Å². The van der Waals surface area contributed by atoms with Crippen molar-refractivity contribution in [2.24, 2.45) is 5.92 Å². The summed E-state index contributed by atoms with van der Waals surface area (Å²) in [6.45, 7) is 7.63. The summed E-state index contributed by atoms with van der Waals surface area (Å²) in [5, 5.41) is 0. The van der Waals surface area contributed by atoms with Gasteiger partial charge in [-0.15, -0.1) is 31.4 Å². The second kappa shape index (κ2) is 10.8. The van der Waals surface area contributed by atoms with Gasteiger partial charge in [-0.25, -0.2) is 0 Å². The van der Waals surface area contributed by atoms with Crippen LogP contribution >= 0.6 is 24.8 Å². The Balaban J connectivity index is -0.000000405. The maximum Gasteiger partial charge on any atom is 0.308 e. The molecule has 0 bridgehead atoms. The average molecular weight is 215 g/mol. The fourth-order valence-electron chi connectivity index (χ4n) is 0.631. The number of hydrogen-bond acceptors (Lipinski definition) is 2. The number of carbonyl (C=O) groups excluding carboxylic acids is 1. The molecule has 12 heavy (non-hydrogen) atoms. The van der Waals surface area contributed by atoms with Crippen LogP contribution in [0.25, 0.3) is 0 Å². The van der Waals surface area contributed by atoms with E-state index >= 15 is 0 Å². The zero-order chi connectivity index (χ0) is 7.98. The van der Waals surface area contributed by atoms with Crippen LogP contribution in [0, 0.1) is 5.92 Å². The highest BCUT2D eigenvalue weighted by Gasteiger charge is 2.10. The molecule has 0 aliphatic rings. The number of carbonyl (C=O) groups is 1. The first-order valence-electron chi connectivity index (χ1n) is 3.49. The van der Waals surface area contributed by atoms with Crippen LogP contribution in [0.5, 0.6) is 0 Å². The summed E-state index contributed by atoms with van der Waals surface area (Å²) < 4.78 is 4.77. The normalized spacial score (nSPS) is 10.2. The Morgan fingerprint density at radius 3 is 2.42 bits per heavy atom. The molecule has 0 aromatic heterocycles. The van der Waals surface area contributed by atoms with Gasteiger partial charge in [0.25, 0.3) is 0 Å². The molecule has 1 atom stereocenters. The van der Waals surface area contributed by atoms with E-state index < -0.39 is 0 Å². The minimum absolute atomic E-state index is 0. The Hall–Kier alpha value is -0.210. The summed E-state index contributed by atoms with van der Waals surface area (Å²) in [5.41, 5.74) is 0. The van der Waals surface area contributed by atoms with Crippen molar-refractivity contribution in [1.29, 1.82) is 0 Å². The van der Waals surface area contributed by atoms with Crippen molar-refractivity contribution in [3.05, 3.63) is 12.7 Å². The number of allylic oxidation sites excluding steroid dienone is 1. The minimum Gasteiger partial charge on any atom is -0.466 e. The molecule has 0 amide bonds. The van der Waals surface area contributed by atoms with Crippen LogP contribution in [-0.4, -0.2) is 12.6 Å². The monoisotopic (exact) mass is 214 g/mol. The Bertz CT molecular complexity index is 126. The molecular formula is C8H16Cl2O2. The lowest BCUT2D eigenvalue weighted by atomic mass is 10.1. The maximum atomic E-state index is 10.9. The second-order valence-electron chi connectivity index (χ2n) is 2.18. The zero-order valence-corrected chi connectivity index (χ0v) is 9.04. The van der Waals surface area contributed by atoms with Crippen molar-refractivity contribution < 1.29 is 9.53 Å².